The molecule has 0 radical (unpaired) electrons. The molecule has 0 saturated carbocycles. The number of rotatable bonds is 9. The maximum atomic E-state index is 12.7. The molecule has 4 aromatic rings. The maximum absolute atomic E-state index is 12.7. The maximum Gasteiger partial charge on any atom is 0.324 e. The molecule has 1 saturated heterocycles. The summed E-state index contributed by atoms with van der Waals surface area (Å²) in [6, 6.07) is 11.5. The summed E-state index contributed by atoms with van der Waals surface area (Å²) in [6.07, 6.45) is 0.168. The molecule has 2 aromatic carbocycles. The Hall–Kier alpha value is -4.52. The minimum absolute atomic E-state index is 0.130. The van der Waals surface area contributed by atoms with Gasteiger partial charge in [-0.05, 0) is 31.0 Å². The molecule has 1 fully saturated rings. The summed E-state index contributed by atoms with van der Waals surface area (Å²) in [5.74, 6) is 2.65. The minimum atomic E-state index is -2.35. The fraction of sp³-hybridized carbons (Fsp3) is 0.400. The summed E-state index contributed by atoms with van der Waals surface area (Å²) in [4.78, 5) is 23.0. The predicted octanol–water partition coefficient (Wildman–Crippen LogP) is 6.47. The van der Waals surface area contributed by atoms with E-state index in [2.05, 4.69) is 25.8 Å². The molecule has 2 aromatic heterocycles. The van der Waals surface area contributed by atoms with Crippen molar-refractivity contribution in [1.29, 1.82) is 0 Å². The van der Waals surface area contributed by atoms with Crippen molar-refractivity contribution in [2.75, 3.05) is 37.4 Å². The van der Waals surface area contributed by atoms with Gasteiger partial charge in [0.2, 0.25) is 5.88 Å². The fourth-order valence-electron chi connectivity index (χ4n) is 4.67. The molecule has 2 N–H and O–H groups in total. The van der Waals surface area contributed by atoms with Crippen LogP contribution in [-0.2, 0) is 5.41 Å². The topological polar surface area (TPSA) is 124 Å². The average molecular weight is 597 g/mol. The van der Waals surface area contributed by atoms with Crippen molar-refractivity contribution in [3.63, 3.8) is 0 Å². The van der Waals surface area contributed by atoms with Gasteiger partial charge in [0, 0.05) is 42.4 Å². The van der Waals surface area contributed by atoms with E-state index in [0.29, 0.717) is 71.3 Å². The van der Waals surface area contributed by atoms with Gasteiger partial charge >= 0.3 is 6.03 Å². The van der Waals surface area contributed by atoms with Gasteiger partial charge in [-0.3, -0.25) is 10.2 Å². The number of carbonyl (C=O) groups excluding carboxylic acids is 1. The van der Waals surface area contributed by atoms with Crippen LogP contribution in [0.15, 0.2) is 53.3 Å². The van der Waals surface area contributed by atoms with Gasteiger partial charge < -0.3 is 24.1 Å². The van der Waals surface area contributed by atoms with Gasteiger partial charge in [-0.2, -0.15) is 0 Å². The lowest BCUT2D eigenvalue weighted by Crippen LogP contribution is -2.40. The third-order valence-corrected chi connectivity index (χ3v) is 6.91. The molecule has 11 nitrogen and oxygen atoms in total. The first kappa shape index (κ1) is 30.0. The van der Waals surface area contributed by atoms with E-state index in [-0.39, 0.29) is 23.9 Å². The molecule has 1 aliphatic heterocycles. The van der Waals surface area contributed by atoms with Crippen molar-refractivity contribution in [1.82, 2.24) is 20.0 Å². The van der Waals surface area contributed by atoms with Crippen LogP contribution in [0.1, 0.15) is 39.4 Å². The number of ether oxygens (including phenoxy) is 3. The first-order chi connectivity index (χ1) is 20.6. The third kappa shape index (κ3) is 7.66. The molecule has 0 unspecified atom stereocenters. The van der Waals surface area contributed by atoms with Gasteiger partial charge in [0.25, 0.3) is 6.43 Å². The van der Waals surface area contributed by atoms with Crippen LogP contribution in [0.4, 0.5) is 25.1 Å². The summed E-state index contributed by atoms with van der Waals surface area (Å²) in [5, 5.41) is 9.91. The molecule has 1 aliphatic rings. The second-order valence-electron chi connectivity index (χ2n) is 11.2. The van der Waals surface area contributed by atoms with Crippen LogP contribution in [0, 0.1) is 0 Å². The van der Waals surface area contributed by atoms with E-state index in [1.54, 1.807) is 47.4 Å². The van der Waals surface area contributed by atoms with Crippen molar-refractivity contribution >= 4 is 28.4 Å². The van der Waals surface area contributed by atoms with E-state index in [0.717, 1.165) is 0 Å². The van der Waals surface area contributed by atoms with E-state index in [1.807, 2.05) is 20.8 Å². The number of nitrogens with zero attached hydrogens (tertiary/aromatic N) is 4. The van der Waals surface area contributed by atoms with E-state index in [1.165, 1.54) is 13.4 Å². The molecule has 0 spiro atoms. The average Bonchev–Trinajstić information content (AvgIpc) is 3.43. The number of amides is 2. The zero-order chi connectivity index (χ0) is 30.6. The number of nitrogens with one attached hydrogen (secondary N) is 2. The molecule has 228 valence electrons. The van der Waals surface area contributed by atoms with Crippen LogP contribution in [-0.4, -0.2) is 65.3 Å². The number of hydrogen-bond acceptors (Lipinski definition) is 9. The van der Waals surface area contributed by atoms with Crippen molar-refractivity contribution in [2.24, 2.45) is 0 Å². The third-order valence-electron chi connectivity index (χ3n) is 6.91. The Morgan fingerprint density at radius 3 is 2.58 bits per heavy atom. The van der Waals surface area contributed by atoms with Gasteiger partial charge in [-0.1, -0.05) is 32.0 Å². The molecule has 0 aliphatic carbocycles. The van der Waals surface area contributed by atoms with Crippen molar-refractivity contribution in [3.8, 4) is 23.1 Å². The van der Waals surface area contributed by atoms with Crippen molar-refractivity contribution < 1.29 is 32.3 Å². The summed E-state index contributed by atoms with van der Waals surface area (Å²) in [6.45, 7) is 6.82. The molecular weight excluding hydrogens is 562 g/mol. The van der Waals surface area contributed by atoms with Crippen LogP contribution < -0.4 is 24.8 Å². The van der Waals surface area contributed by atoms with Crippen LogP contribution in [0.2, 0.25) is 0 Å². The summed E-state index contributed by atoms with van der Waals surface area (Å²) in [7, 11) is 1.53. The Labute approximate surface area is 247 Å². The van der Waals surface area contributed by atoms with E-state index >= 15 is 0 Å². The number of piperidine rings is 1. The summed E-state index contributed by atoms with van der Waals surface area (Å²) >= 11 is 0. The predicted molar refractivity (Wildman–Crippen MR) is 157 cm³/mol. The first-order valence-corrected chi connectivity index (χ1v) is 13.9. The van der Waals surface area contributed by atoms with Crippen LogP contribution in [0.5, 0.6) is 23.1 Å². The number of anilines is 2. The molecule has 0 atom stereocenters. The molecule has 0 bridgehead atoms. The summed E-state index contributed by atoms with van der Waals surface area (Å²) < 4.78 is 48.6. The molecule has 3 heterocycles. The van der Waals surface area contributed by atoms with Crippen molar-refractivity contribution in [3.05, 3.63) is 54.6 Å². The van der Waals surface area contributed by atoms with Gasteiger partial charge in [-0.25, -0.2) is 23.5 Å². The number of urea groups is 1. The molecular formula is C30H34F2N6O5. The number of hydrogen-bond donors (Lipinski definition) is 2. The van der Waals surface area contributed by atoms with Gasteiger partial charge in [0.1, 0.15) is 23.9 Å². The monoisotopic (exact) mass is 596 g/mol. The zero-order valence-corrected chi connectivity index (χ0v) is 24.4. The number of fused-ring (bicyclic) bond motifs is 1. The van der Waals surface area contributed by atoms with E-state index < -0.39 is 12.5 Å². The minimum Gasteiger partial charge on any atom is -0.493 e. The lowest BCUT2D eigenvalue weighted by Gasteiger charge is -2.32. The number of aromatic nitrogens is 3. The number of alkyl halides is 2. The number of methoxy groups -OCH3 is 1. The van der Waals surface area contributed by atoms with Gasteiger partial charge in [0.05, 0.1) is 24.6 Å². The largest absolute Gasteiger partial charge is 0.493 e. The Kier molecular flexibility index (Phi) is 8.90. The highest BCUT2D eigenvalue weighted by atomic mass is 19.3. The van der Waals surface area contributed by atoms with Gasteiger partial charge in [-0.15, -0.1) is 0 Å². The van der Waals surface area contributed by atoms with E-state index in [9.17, 15) is 13.6 Å². The second kappa shape index (κ2) is 12.8. The highest BCUT2D eigenvalue weighted by Gasteiger charge is 2.24. The van der Waals surface area contributed by atoms with Crippen LogP contribution >= 0.6 is 0 Å². The fourth-order valence-corrected chi connectivity index (χ4v) is 4.67. The molecule has 43 heavy (non-hydrogen) atoms. The lowest BCUT2D eigenvalue weighted by molar-refractivity contribution is 0.0471. The Morgan fingerprint density at radius 1 is 1.09 bits per heavy atom. The number of carbonyl (C=O) groups is 1. The molecule has 5 rings (SSSR count). The van der Waals surface area contributed by atoms with Crippen LogP contribution in [0.3, 0.4) is 0 Å². The quantitative estimate of drug-likeness (QED) is 0.224. The summed E-state index contributed by atoms with van der Waals surface area (Å²) in [5.41, 5.74) is 0.823. The molecule has 13 heteroatoms. The Balaban J connectivity index is 1.26. The Morgan fingerprint density at radius 2 is 1.88 bits per heavy atom. The number of halogens is 2. The number of likely N-dealkylation sites (tertiary alicyclic amines) is 1. The zero-order valence-electron chi connectivity index (χ0n) is 24.4. The van der Waals surface area contributed by atoms with E-state index in [4.69, 9.17) is 18.7 Å². The van der Waals surface area contributed by atoms with Crippen LogP contribution in [0.25, 0.3) is 10.9 Å². The standard InChI is InChI=1S/C30H34F2N6O5/c1-30(2,3)25-15-27(37-43-25)36-29(39)35-18-6-5-7-20(12-18)42-28-21-13-23(40-4)24(14-22(21)33-17-34-28)41-19-8-10-38(11-9-19)16-26(31)32/h5-7,12-15,17,19,26H,8-11,16H2,1-4H3,(H2,35,36,37,39). The Bertz CT molecular complexity index is 1570. The molecule has 2 amide bonds. The van der Waals surface area contributed by atoms with Crippen molar-refractivity contribution in [2.45, 2.75) is 51.6 Å². The number of benzene rings is 2. The first-order valence-electron chi connectivity index (χ1n) is 13.9. The van der Waals surface area contributed by atoms with Gasteiger partial charge in [0.15, 0.2) is 17.3 Å². The normalized spacial score (nSPS) is 14.6. The second-order valence-corrected chi connectivity index (χ2v) is 11.2. The smallest absolute Gasteiger partial charge is 0.324 e. The highest BCUT2D eigenvalue weighted by Crippen LogP contribution is 2.37. The lowest BCUT2D eigenvalue weighted by atomic mass is 9.93. The highest BCUT2D eigenvalue weighted by molar-refractivity contribution is 5.99. The SMILES string of the molecule is COc1cc2c(Oc3cccc(NC(=O)Nc4cc(C(C)(C)C)on4)c3)ncnc2cc1OC1CCN(CC(F)F)CC1.